The summed E-state index contributed by atoms with van der Waals surface area (Å²) < 4.78 is 0. The highest BCUT2D eigenvalue weighted by Crippen LogP contribution is 2.23. The topological polar surface area (TPSA) is 55.1 Å². The molecular weight excluding hydrogens is 200 g/mol. The van der Waals surface area contributed by atoms with E-state index in [9.17, 15) is 4.79 Å². The standard InChI is InChI=1S/C13H26N2O/c1-9(2)8-10(3)15-13(16)11-4-6-12(14)7-5-11/h9-12H,4-8,14H2,1-3H3,(H,15,16). The molecule has 1 aliphatic carbocycles. The van der Waals surface area contributed by atoms with Crippen LogP contribution in [0, 0.1) is 11.8 Å². The van der Waals surface area contributed by atoms with Crippen molar-refractivity contribution >= 4 is 5.91 Å². The van der Waals surface area contributed by atoms with E-state index in [1.54, 1.807) is 0 Å². The van der Waals surface area contributed by atoms with Crippen molar-refractivity contribution in [2.45, 2.75) is 65.0 Å². The summed E-state index contributed by atoms with van der Waals surface area (Å²) in [6, 6.07) is 0.611. The van der Waals surface area contributed by atoms with E-state index >= 15 is 0 Å². The van der Waals surface area contributed by atoms with Crippen LogP contribution in [-0.2, 0) is 4.79 Å². The van der Waals surface area contributed by atoms with Crippen LogP contribution in [0.3, 0.4) is 0 Å². The average molecular weight is 226 g/mol. The number of carbonyl (C=O) groups is 1. The van der Waals surface area contributed by atoms with Gasteiger partial charge in [0.2, 0.25) is 5.91 Å². The predicted octanol–water partition coefficient (Wildman–Crippen LogP) is 2.05. The van der Waals surface area contributed by atoms with Gasteiger partial charge in [-0.15, -0.1) is 0 Å². The van der Waals surface area contributed by atoms with Crippen molar-refractivity contribution < 1.29 is 4.79 Å². The van der Waals surface area contributed by atoms with Gasteiger partial charge in [0.25, 0.3) is 0 Å². The van der Waals surface area contributed by atoms with Gasteiger partial charge in [-0.3, -0.25) is 4.79 Å². The lowest BCUT2D eigenvalue weighted by atomic mass is 9.85. The highest BCUT2D eigenvalue weighted by Gasteiger charge is 2.25. The maximum absolute atomic E-state index is 11.9. The summed E-state index contributed by atoms with van der Waals surface area (Å²) in [5.41, 5.74) is 5.83. The molecular formula is C13H26N2O. The number of rotatable bonds is 4. The second-order valence-corrected chi connectivity index (χ2v) is 5.65. The lowest BCUT2D eigenvalue weighted by Gasteiger charge is -2.27. The highest BCUT2D eigenvalue weighted by molar-refractivity contribution is 5.79. The fourth-order valence-electron chi connectivity index (χ4n) is 2.51. The molecule has 0 saturated heterocycles. The van der Waals surface area contributed by atoms with Gasteiger partial charge in [0, 0.05) is 18.0 Å². The fraction of sp³-hybridized carbons (Fsp3) is 0.923. The van der Waals surface area contributed by atoms with Gasteiger partial charge in [0.05, 0.1) is 0 Å². The first-order chi connectivity index (χ1) is 7.49. The van der Waals surface area contributed by atoms with E-state index in [0.717, 1.165) is 32.1 Å². The van der Waals surface area contributed by atoms with Gasteiger partial charge in [-0.1, -0.05) is 13.8 Å². The number of nitrogens with two attached hydrogens (primary N) is 1. The van der Waals surface area contributed by atoms with Crippen LogP contribution in [0.5, 0.6) is 0 Å². The summed E-state index contributed by atoms with van der Waals surface area (Å²) in [4.78, 5) is 11.9. The molecule has 0 bridgehead atoms. The van der Waals surface area contributed by atoms with E-state index in [1.807, 2.05) is 0 Å². The van der Waals surface area contributed by atoms with Gasteiger partial charge < -0.3 is 11.1 Å². The average Bonchev–Trinajstić information content (AvgIpc) is 2.16. The van der Waals surface area contributed by atoms with Crippen LogP contribution in [0.15, 0.2) is 0 Å². The molecule has 3 nitrogen and oxygen atoms in total. The summed E-state index contributed by atoms with van der Waals surface area (Å²) in [6.45, 7) is 6.46. The summed E-state index contributed by atoms with van der Waals surface area (Å²) in [5, 5.41) is 3.12. The van der Waals surface area contributed by atoms with Crippen molar-refractivity contribution in [2.75, 3.05) is 0 Å². The second kappa shape index (κ2) is 6.24. The molecule has 0 aromatic heterocycles. The number of carbonyl (C=O) groups excluding carboxylic acids is 1. The van der Waals surface area contributed by atoms with Crippen molar-refractivity contribution in [1.82, 2.24) is 5.32 Å². The Morgan fingerprint density at radius 2 is 1.81 bits per heavy atom. The number of nitrogens with one attached hydrogen (secondary N) is 1. The normalized spacial score (nSPS) is 27.8. The zero-order valence-electron chi connectivity index (χ0n) is 10.8. The predicted molar refractivity (Wildman–Crippen MR) is 67.0 cm³/mol. The van der Waals surface area contributed by atoms with Gasteiger partial charge in [-0.25, -0.2) is 0 Å². The summed E-state index contributed by atoms with van der Waals surface area (Å²) >= 11 is 0. The van der Waals surface area contributed by atoms with E-state index in [2.05, 4.69) is 26.1 Å². The molecule has 16 heavy (non-hydrogen) atoms. The van der Waals surface area contributed by atoms with Crippen molar-refractivity contribution in [3.63, 3.8) is 0 Å². The highest BCUT2D eigenvalue weighted by atomic mass is 16.1. The SMILES string of the molecule is CC(C)CC(C)NC(=O)C1CCC(N)CC1. The third-order valence-corrected chi connectivity index (χ3v) is 3.36. The smallest absolute Gasteiger partial charge is 0.223 e. The number of amides is 1. The summed E-state index contributed by atoms with van der Waals surface area (Å²) in [5.74, 6) is 1.07. The monoisotopic (exact) mass is 226 g/mol. The van der Waals surface area contributed by atoms with E-state index < -0.39 is 0 Å². The lowest BCUT2D eigenvalue weighted by molar-refractivity contribution is -0.126. The molecule has 0 aromatic carbocycles. The third-order valence-electron chi connectivity index (χ3n) is 3.36. The molecule has 1 amide bonds. The first kappa shape index (κ1) is 13.5. The molecule has 1 atom stereocenters. The Bertz CT molecular complexity index is 220. The third kappa shape index (κ3) is 4.52. The van der Waals surface area contributed by atoms with Crippen LogP contribution >= 0.6 is 0 Å². The number of hydrogen-bond donors (Lipinski definition) is 2. The maximum atomic E-state index is 11.9. The second-order valence-electron chi connectivity index (χ2n) is 5.65. The van der Waals surface area contributed by atoms with Crippen molar-refractivity contribution in [1.29, 1.82) is 0 Å². The molecule has 94 valence electrons. The molecule has 1 fully saturated rings. The first-order valence-corrected chi connectivity index (χ1v) is 6.55. The number of hydrogen-bond acceptors (Lipinski definition) is 2. The fourth-order valence-corrected chi connectivity index (χ4v) is 2.51. The Morgan fingerprint density at radius 1 is 1.25 bits per heavy atom. The molecule has 1 unspecified atom stereocenters. The van der Waals surface area contributed by atoms with Gasteiger partial charge >= 0.3 is 0 Å². The molecule has 0 heterocycles. The quantitative estimate of drug-likeness (QED) is 0.771. The molecule has 3 heteroatoms. The van der Waals surface area contributed by atoms with Crippen molar-refractivity contribution in [2.24, 2.45) is 17.6 Å². The molecule has 1 rings (SSSR count). The molecule has 1 saturated carbocycles. The van der Waals surface area contributed by atoms with Crippen molar-refractivity contribution in [3.05, 3.63) is 0 Å². The van der Waals surface area contributed by atoms with Crippen molar-refractivity contribution in [3.8, 4) is 0 Å². The zero-order valence-corrected chi connectivity index (χ0v) is 10.8. The molecule has 3 N–H and O–H groups in total. The van der Waals surface area contributed by atoms with Crippen LogP contribution in [0.4, 0.5) is 0 Å². The molecule has 0 aliphatic heterocycles. The minimum atomic E-state index is 0.203. The van der Waals surface area contributed by atoms with E-state index in [-0.39, 0.29) is 11.8 Å². The van der Waals surface area contributed by atoms with Gasteiger partial charge in [0.15, 0.2) is 0 Å². The van der Waals surface area contributed by atoms with Crippen LogP contribution in [0.1, 0.15) is 52.9 Å². The molecule has 1 aliphatic rings. The minimum absolute atomic E-state index is 0.203. The van der Waals surface area contributed by atoms with Gasteiger partial charge in [-0.05, 0) is 44.9 Å². The zero-order chi connectivity index (χ0) is 12.1. The van der Waals surface area contributed by atoms with Gasteiger partial charge in [0.1, 0.15) is 0 Å². The Hall–Kier alpha value is -0.570. The lowest BCUT2D eigenvalue weighted by Crippen LogP contribution is -2.40. The first-order valence-electron chi connectivity index (χ1n) is 6.55. The van der Waals surface area contributed by atoms with Crippen LogP contribution in [-0.4, -0.2) is 18.0 Å². The Labute approximate surface area is 99.2 Å². The summed E-state index contributed by atoms with van der Waals surface area (Å²) in [6.07, 6.45) is 4.97. The van der Waals surface area contributed by atoms with Crippen LogP contribution in [0.25, 0.3) is 0 Å². The summed E-state index contributed by atoms with van der Waals surface area (Å²) in [7, 11) is 0. The Morgan fingerprint density at radius 3 is 2.31 bits per heavy atom. The van der Waals surface area contributed by atoms with E-state index in [4.69, 9.17) is 5.73 Å². The molecule has 0 aromatic rings. The molecule has 0 spiro atoms. The maximum Gasteiger partial charge on any atom is 0.223 e. The van der Waals surface area contributed by atoms with Crippen LogP contribution < -0.4 is 11.1 Å². The van der Waals surface area contributed by atoms with E-state index in [0.29, 0.717) is 18.0 Å². The molecule has 0 radical (unpaired) electrons. The minimum Gasteiger partial charge on any atom is -0.353 e. The van der Waals surface area contributed by atoms with Gasteiger partial charge in [-0.2, -0.15) is 0 Å². The Balaban J connectivity index is 2.29. The van der Waals surface area contributed by atoms with E-state index in [1.165, 1.54) is 0 Å². The van der Waals surface area contributed by atoms with Crippen LogP contribution in [0.2, 0.25) is 0 Å². The largest absolute Gasteiger partial charge is 0.353 e. The Kier molecular flexibility index (Phi) is 5.26.